The zero-order valence-electron chi connectivity index (χ0n) is 5.90. The molecule has 1 aromatic heterocycles. The summed E-state index contributed by atoms with van der Waals surface area (Å²) in [5.41, 5.74) is -0.0198. The van der Waals surface area contributed by atoms with Gasteiger partial charge in [0.1, 0.15) is 0 Å². The molecule has 1 nitrogen and oxygen atoms in total. The fourth-order valence-corrected chi connectivity index (χ4v) is 1.17. The van der Waals surface area contributed by atoms with Gasteiger partial charge in [0.2, 0.25) is 0 Å². The largest absolute Gasteiger partial charge is 0.265 e. The number of halogens is 4. The topological polar surface area (TPSA) is 12.9 Å². The maximum atomic E-state index is 12.2. The molecule has 0 aliphatic heterocycles. The van der Waals surface area contributed by atoms with E-state index in [1.165, 1.54) is 12.3 Å². The van der Waals surface area contributed by atoms with Crippen molar-refractivity contribution in [3.63, 3.8) is 0 Å². The molecule has 5 heteroatoms. The number of nitrogens with zero attached hydrogens (tertiary/aromatic N) is 1. The van der Waals surface area contributed by atoms with Crippen LogP contribution in [0.2, 0.25) is 5.02 Å². The van der Waals surface area contributed by atoms with Gasteiger partial charge in [-0.3, -0.25) is 4.98 Å². The van der Waals surface area contributed by atoms with Crippen molar-refractivity contribution in [3.8, 4) is 0 Å². The molecule has 0 saturated heterocycles. The number of hydrogen-bond acceptors (Lipinski definition) is 1. The molecule has 0 aliphatic carbocycles. The van der Waals surface area contributed by atoms with E-state index < -0.39 is 6.43 Å². The van der Waals surface area contributed by atoms with Crippen LogP contribution < -0.4 is 0 Å². The third kappa shape index (κ3) is 2.05. The lowest BCUT2D eigenvalue weighted by Crippen LogP contribution is -1.95. The average molecular weight is 212 g/mol. The van der Waals surface area contributed by atoms with E-state index in [1.54, 1.807) is 0 Å². The van der Waals surface area contributed by atoms with Crippen LogP contribution in [0, 0.1) is 0 Å². The fraction of sp³-hybridized carbons (Fsp3) is 0.286. The van der Waals surface area contributed by atoms with E-state index in [0.717, 1.165) is 0 Å². The van der Waals surface area contributed by atoms with E-state index in [9.17, 15) is 8.78 Å². The number of alkyl halides is 3. The second kappa shape index (κ2) is 4.01. The van der Waals surface area contributed by atoms with E-state index in [4.69, 9.17) is 23.2 Å². The molecule has 0 aromatic carbocycles. The molecule has 12 heavy (non-hydrogen) atoms. The van der Waals surface area contributed by atoms with Crippen molar-refractivity contribution in [1.29, 1.82) is 0 Å². The quantitative estimate of drug-likeness (QED) is 0.684. The molecule has 0 fully saturated rings. The summed E-state index contributed by atoms with van der Waals surface area (Å²) in [6.07, 6.45) is -1.28. The number of hydrogen-bond donors (Lipinski definition) is 0. The molecule has 1 heterocycles. The normalized spacial score (nSPS) is 10.8. The van der Waals surface area contributed by atoms with Crippen molar-refractivity contribution in [2.24, 2.45) is 0 Å². The van der Waals surface area contributed by atoms with Crippen molar-refractivity contribution in [3.05, 3.63) is 28.5 Å². The van der Waals surface area contributed by atoms with Crippen LogP contribution in [0.3, 0.4) is 0 Å². The molecular weight excluding hydrogens is 207 g/mol. The summed E-state index contributed by atoms with van der Waals surface area (Å²) in [4.78, 5) is 3.67. The van der Waals surface area contributed by atoms with Gasteiger partial charge in [-0.1, -0.05) is 11.6 Å². The molecule has 0 saturated carbocycles. The smallest absolute Gasteiger partial charge is 0.258 e. The first-order valence-electron chi connectivity index (χ1n) is 3.13. The first-order valence-corrected chi connectivity index (χ1v) is 4.05. The monoisotopic (exact) mass is 211 g/mol. The lowest BCUT2D eigenvalue weighted by atomic mass is 10.2. The minimum Gasteiger partial charge on any atom is -0.258 e. The summed E-state index contributed by atoms with van der Waals surface area (Å²) in [6.45, 7) is 0. The van der Waals surface area contributed by atoms with E-state index in [2.05, 4.69) is 4.98 Å². The SMILES string of the molecule is FC(F)c1cc(Cl)cnc1CCl. The highest BCUT2D eigenvalue weighted by Crippen LogP contribution is 2.25. The molecule has 0 bridgehead atoms. The Morgan fingerprint density at radius 1 is 1.50 bits per heavy atom. The lowest BCUT2D eigenvalue weighted by molar-refractivity contribution is 0.150. The van der Waals surface area contributed by atoms with Gasteiger partial charge in [-0.2, -0.15) is 0 Å². The first-order chi connectivity index (χ1) is 5.65. The van der Waals surface area contributed by atoms with Crippen LogP contribution in [0.5, 0.6) is 0 Å². The van der Waals surface area contributed by atoms with E-state index >= 15 is 0 Å². The van der Waals surface area contributed by atoms with E-state index in [0.29, 0.717) is 0 Å². The Morgan fingerprint density at radius 2 is 2.17 bits per heavy atom. The van der Waals surface area contributed by atoms with Gasteiger partial charge in [-0.15, -0.1) is 11.6 Å². The fourth-order valence-electron chi connectivity index (χ4n) is 0.784. The molecule has 0 radical (unpaired) electrons. The van der Waals surface area contributed by atoms with Crippen molar-refractivity contribution < 1.29 is 8.78 Å². The highest BCUT2D eigenvalue weighted by molar-refractivity contribution is 6.30. The van der Waals surface area contributed by atoms with Gasteiger partial charge in [0.15, 0.2) is 0 Å². The predicted molar refractivity (Wildman–Crippen MR) is 43.8 cm³/mol. The molecule has 0 unspecified atom stereocenters. The van der Waals surface area contributed by atoms with Gasteiger partial charge < -0.3 is 0 Å². The van der Waals surface area contributed by atoms with Gasteiger partial charge in [-0.25, -0.2) is 8.78 Å². The summed E-state index contributed by atoms with van der Waals surface area (Å²) >= 11 is 10.9. The second-order valence-electron chi connectivity index (χ2n) is 2.12. The second-order valence-corrected chi connectivity index (χ2v) is 2.83. The standard InChI is InChI=1S/C7H5Cl2F2N/c8-2-6-5(7(10)11)1-4(9)3-12-6/h1,3,7H,2H2. The van der Waals surface area contributed by atoms with Crippen molar-refractivity contribution in [1.82, 2.24) is 4.98 Å². The molecule has 0 aliphatic rings. The van der Waals surface area contributed by atoms with Gasteiger partial charge in [0.05, 0.1) is 16.6 Å². The van der Waals surface area contributed by atoms with Crippen molar-refractivity contribution in [2.75, 3.05) is 0 Å². The van der Waals surface area contributed by atoms with Crippen molar-refractivity contribution >= 4 is 23.2 Å². The van der Waals surface area contributed by atoms with Gasteiger partial charge in [-0.05, 0) is 6.07 Å². The molecular formula is C7H5Cl2F2N. The molecule has 66 valence electrons. The van der Waals surface area contributed by atoms with E-state index in [1.807, 2.05) is 0 Å². The van der Waals surface area contributed by atoms with Gasteiger partial charge in [0.25, 0.3) is 6.43 Å². The Morgan fingerprint density at radius 3 is 2.67 bits per heavy atom. The molecule has 0 amide bonds. The molecule has 1 rings (SSSR count). The number of rotatable bonds is 2. The lowest BCUT2D eigenvalue weighted by Gasteiger charge is -2.04. The Kier molecular flexibility index (Phi) is 3.23. The van der Waals surface area contributed by atoms with Crippen LogP contribution in [0.25, 0.3) is 0 Å². The summed E-state index contributed by atoms with van der Waals surface area (Å²) < 4.78 is 24.5. The molecule has 0 spiro atoms. The summed E-state index contributed by atoms with van der Waals surface area (Å²) in [6, 6.07) is 1.18. The number of aromatic nitrogens is 1. The van der Waals surface area contributed by atoms with Crippen LogP contribution >= 0.6 is 23.2 Å². The average Bonchev–Trinajstić information content (AvgIpc) is 2.04. The molecule has 0 N–H and O–H groups in total. The van der Waals surface area contributed by atoms with Crippen molar-refractivity contribution in [2.45, 2.75) is 12.3 Å². The Balaban J connectivity index is 3.12. The zero-order valence-corrected chi connectivity index (χ0v) is 7.41. The minimum atomic E-state index is -2.58. The van der Waals surface area contributed by atoms with Crippen LogP contribution in [0.1, 0.15) is 17.7 Å². The summed E-state index contributed by atoms with van der Waals surface area (Å²) in [7, 11) is 0. The third-order valence-corrected chi connectivity index (χ3v) is 1.79. The van der Waals surface area contributed by atoms with Crippen LogP contribution in [-0.4, -0.2) is 4.98 Å². The highest BCUT2D eigenvalue weighted by atomic mass is 35.5. The zero-order chi connectivity index (χ0) is 9.14. The Hall–Kier alpha value is -0.410. The minimum absolute atomic E-state index is 0.0309. The van der Waals surface area contributed by atoms with Crippen LogP contribution in [0.4, 0.5) is 8.78 Å². The van der Waals surface area contributed by atoms with Crippen LogP contribution in [-0.2, 0) is 5.88 Å². The molecule has 1 aromatic rings. The summed E-state index contributed by atoms with van der Waals surface area (Å²) in [5.74, 6) is -0.0309. The maximum absolute atomic E-state index is 12.2. The third-order valence-electron chi connectivity index (χ3n) is 1.33. The molecule has 0 atom stereocenters. The van der Waals surface area contributed by atoms with Crippen LogP contribution in [0.15, 0.2) is 12.3 Å². The number of pyridine rings is 1. The van der Waals surface area contributed by atoms with Gasteiger partial charge >= 0.3 is 0 Å². The van der Waals surface area contributed by atoms with E-state index in [-0.39, 0.29) is 22.2 Å². The Labute approximate surface area is 78.3 Å². The maximum Gasteiger partial charge on any atom is 0.265 e. The summed E-state index contributed by atoms with van der Waals surface area (Å²) in [5, 5.41) is 0.194. The highest BCUT2D eigenvalue weighted by Gasteiger charge is 2.13. The predicted octanol–water partition coefficient (Wildman–Crippen LogP) is 3.41. The Bertz CT molecular complexity index is 278. The van der Waals surface area contributed by atoms with Gasteiger partial charge in [0, 0.05) is 11.8 Å². The first kappa shape index (κ1) is 9.68.